The van der Waals surface area contributed by atoms with Gasteiger partial charge in [0.1, 0.15) is 5.82 Å². The zero-order valence-electron chi connectivity index (χ0n) is 10.5. The van der Waals surface area contributed by atoms with Gasteiger partial charge in [-0.25, -0.2) is 8.78 Å². The average molecular weight is 276 g/mol. The molecule has 20 heavy (non-hydrogen) atoms. The van der Waals surface area contributed by atoms with Crippen molar-refractivity contribution in [3.05, 3.63) is 41.2 Å². The van der Waals surface area contributed by atoms with Crippen LogP contribution in [0.15, 0.2) is 18.2 Å². The second kappa shape index (κ2) is 3.78. The minimum Gasteiger partial charge on any atom is -0.505 e. The summed E-state index contributed by atoms with van der Waals surface area (Å²) in [5.74, 6) is -3.48. The molecule has 0 amide bonds. The highest BCUT2D eigenvalue weighted by Crippen LogP contribution is 2.54. The molecule has 0 spiro atoms. The summed E-state index contributed by atoms with van der Waals surface area (Å²) in [6, 6.07) is 4.60. The molecule has 0 unspecified atom stereocenters. The van der Waals surface area contributed by atoms with Gasteiger partial charge in [-0.2, -0.15) is 4.39 Å². The maximum absolute atomic E-state index is 14.5. The van der Waals surface area contributed by atoms with Gasteiger partial charge < -0.3 is 5.11 Å². The largest absolute Gasteiger partial charge is 0.505 e. The Morgan fingerprint density at radius 2 is 1.60 bits per heavy atom. The van der Waals surface area contributed by atoms with E-state index in [-0.39, 0.29) is 17.0 Å². The van der Waals surface area contributed by atoms with Gasteiger partial charge in [-0.1, -0.05) is 18.6 Å². The van der Waals surface area contributed by atoms with Crippen molar-refractivity contribution in [1.29, 1.82) is 0 Å². The molecule has 4 rings (SSSR count). The van der Waals surface area contributed by atoms with Gasteiger partial charge in [-0.3, -0.25) is 0 Å². The zero-order valence-corrected chi connectivity index (χ0v) is 10.5. The molecule has 2 aromatic carbocycles. The number of hydrogen-bond donors (Lipinski definition) is 1. The molecule has 1 N–H and O–H groups in total. The van der Waals surface area contributed by atoms with Crippen molar-refractivity contribution < 1.29 is 18.3 Å². The summed E-state index contributed by atoms with van der Waals surface area (Å²) >= 11 is 0. The van der Waals surface area contributed by atoms with Gasteiger partial charge in [0.2, 0.25) is 5.82 Å². The molecule has 0 aliphatic heterocycles. The van der Waals surface area contributed by atoms with E-state index >= 15 is 0 Å². The van der Waals surface area contributed by atoms with Crippen LogP contribution in [0.2, 0.25) is 0 Å². The van der Waals surface area contributed by atoms with Gasteiger partial charge in [-0.05, 0) is 41.5 Å². The number of phenols is 1. The summed E-state index contributed by atoms with van der Waals surface area (Å²) in [5.41, 5.74) is 1.61. The SMILES string of the molecule is Oc1cc2c(c(F)c1F)-c1c-2ccc(C2CCC2)c1F. The molecule has 0 aromatic heterocycles. The Bertz CT molecular complexity index is 748. The van der Waals surface area contributed by atoms with Crippen LogP contribution >= 0.6 is 0 Å². The minimum atomic E-state index is -1.32. The molecule has 4 heteroatoms. The van der Waals surface area contributed by atoms with Crippen molar-refractivity contribution in [2.24, 2.45) is 0 Å². The Kier molecular flexibility index (Phi) is 2.23. The first-order chi connectivity index (χ1) is 9.59. The third kappa shape index (κ3) is 1.29. The Balaban J connectivity index is 1.92. The Morgan fingerprint density at radius 3 is 2.25 bits per heavy atom. The van der Waals surface area contributed by atoms with E-state index in [0.717, 1.165) is 25.3 Å². The van der Waals surface area contributed by atoms with Crippen LogP contribution in [0, 0.1) is 17.5 Å². The van der Waals surface area contributed by atoms with E-state index in [2.05, 4.69) is 0 Å². The third-order valence-electron chi connectivity index (χ3n) is 4.44. The lowest BCUT2D eigenvalue weighted by atomic mass is 9.74. The second-order valence-electron chi connectivity index (χ2n) is 5.47. The monoisotopic (exact) mass is 276 g/mol. The summed E-state index contributed by atoms with van der Waals surface area (Å²) in [7, 11) is 0. The molecular weight excluding hydrogens is 265 g/mol. The molecule has 2 aliphatic carbocycles. The van der Waals surface area contributed by atoms with Gasteiger partial charge in [0.15, 0.2) is 11.6 Å². The summed E-state index contributed by atoms with van der Waals surface area (Å²) in [4.78, 5) is 0. The maximum atomic E-state index is 14.5. The van der Waals surface area contributed by atoms with Crippen LogP contribution in [0.4, 0.5) is 13.2 Å². The number of benzene rings is 2. The quantitative estimate of drug-likeness (QED) is 0.681. The number of aromatic hydroxyl groups is 1. The minimum absolute atomic E-state index is 0.0472. The van der Waals surface area contributed by atoms with E-state index in [1.165, 1.54) is 0 Å². The molecule has 1 nitrogen and oxygen atoms in total. The highest BCUT2D eigenvalue weighted by atomic mass is 19.2. The molecule has 0 atom stereocenters. The Hall–Kier alpha value is -1.97. The fourth-order valence-electron chi connectivity index (χ4n) is 3.10. The smallest absolute Gasteiger partial charge is 0.201 e. The molecule has 102 valence electrons. The van der Waals surface area contributed by atoms with Crippen LogP contribution in [0.1, 0.15) is 30.7 Å². The Labute approximate surface area is 113 Å². The zero-order chi connectivity index (χ0) is 14.0. The van der Waals surface area contributed by atoms with E-state index in [1.807, 2.05) is 0 Å². The van der Waals surface area contributed by atoms with Gasteiger partial charge >= 0.3 is 0 Å². The van der Waals surface area contributed by atoms with Crippen molar-refractivity contribution in [2.45, 2.75) is 25.2 Å². The summed E-state index contributed by atoms with van der Waals surface area (Å²) in [6.45, 7) is 0. The lowest BCUT2D eigenvalue weighted by Crippen LogP contribution is -2.14. The number of hydrogen-bond acceptors (Lipinski definition) is 1. The average Bonchev–Trinajstić information content (AvgIpc) is 2.35. The van der Waals surface area contributed by atoms with Crippen LogP contribution in [0.3, 0.4) is 0 Å². The van der Waals surface area contributed by atoms with E-state index < -0.39 is 23.2 Å². The van der Waals surface area contributed by atoms with Crippen molar-refractivity contribution in [3.8, 4) is 28.0 Å². The first-order valence-electron chi connectivity index (χ1n) is 6.63. The number of halogens is 3. The van der Waals surface area contributed by atoms with Gasteiger partial charge in [-0.15, -0.1) is 0 Å². The van der Waals surface area contributed by atoms with Crippen molar-refractivity contribution in [2.75, 3.05) is 0 Å². The fourth-order valence-corrected chi connectivity index (χ4v) is 3.10. The third-order valence-corrected chi connectivity index (χ3v) is 4.44. The molecule has 0 saturated heterocycles. The standard InChI is InChI=1S/C16H11F3O/c17-14-8(7-2-1-3-7)4-5-9-10-6-11(20)15(18)16(19)13(10)12(9)14/h4-7,20H,1-3H2. The topological polar surface area (TPSA) is 20.2 Å². The van der Waals surface area contributed by atoms with Crippen LogP contribution in [-0.2, 0) is 0 Å². The van der Waals surface area contributed by atoms with Crippen molar-refractivity contribution in [3.63, 3.8) is 0 Å². The summed E-state index contributed by atoms with van der Waals surface area (Å²) in [6.07, 6.45) is 2.96. The van der Waals surface area contributed by atoms with Gasteiger partial charge in [0.05, 0.1) is 0 Å². The maximum Gasteiger partial charge on any atom is 0.201 e. The van der Waals surface area contributed by atoms with Gasteiger partial charge in [0, 0.05) is 11.1 Å². The predicted octanol–water partition coefficient (Wildman–Crippen LogP) is 4.72. The lowest BCUT2D eigenvalue weighted by molar-refractivity contribution is 0.402. The molecule has 0 heterocycles. The van der Waals surface area contributed by atoms with Crippen molar-refractivity contribution in [1.82, 2.24) is 0 Å². The highest BCUT2D eigenvalue weighted by Gasteiger charge is 2.35. The molecule has 1 saturated carbocycles. The van der Waals surface area contributed by atoms with E-state index in [0.29, 0.717) is 16.7 Å². The Morgan fingerprint density at radius 1 is 0.900 bits per heavy atom. The lowest BCUT2D eigenvalue weighted by Gasteiger charge is -2.31. The fraction of sp³-hybridized carbons (Fsp3) is 0.250. The molecule has 2 aliphatic rings. The normalized spacial score (nSPS) is 16.1. The van der Waals surface area contributed by atoms with E-state index in [4.69, 9.17) is 0 Å². The van der Waals surface area contributed by atoms with Crippen LogP contribution < -0.4 is 0 Å². The van der Waals surface area contributed by atoms with E-state index in [1.54, 1.807) is 12.1 Å². The molecule has 1 fully saturated rings. The molecule has 0 radical (unpaired) electrons. The van der Waals surface area contributed by atoms with Crippen LogP contribution in [-0.4, -0.2) is 5.11 Å². The predicted molar refractivity (Wildman–Crippen MR) is 69.0 cm³/mol. The summed E-state index contributed by atoms with van der Waals surface area (Å²) < 4.78 is 41.8. The molecule has 2 aromatic rings. The van der Waals surface area contributed by atoms with Crippen LogP contribution in [0.25, 0.3) is 22.3 Å². The summed E-state index contributed by atoms with van der Waals surface area (Å²) in [5, 5.41) is 9.32. The number of fused-ring (bicyclic) bond motifs is 4. The number of phenolic OH excluding ortho intramolecular Hbond substituents is 1. The molecular formula is C16H11F3O. The number of rotatable bonds is 1. The first-order valence-corrected chi connectivity index (χ1v) is 6.63. The first kappa shape index (κ1) is 11.8. The second-order valence-corrected chi connectivity index (χ2v) is 5.47. The van der Waals surface area contributed by atoms with Gasteiger partial charge in [0.25, 0.3) is 0 Å². The highest BCUT2D eigenvalue weighted by molar-refractivity contribution is 6.03. The molecule has 0 bridgehead atoms. The van der Waals surface area contributed by atoms with Crippen LogP contribution in [0.5, 0.6) is 5.75 Å². The van der Waals surface area contributed by atoms with Crippen molar-refractivity contribution >= 4 is 0 Å². The van der Waals surface area contributed by atoms with E-state index in [9.17, 15) is 18.3 Å².